The van der Waals surface area contributed by atoms with E-state index in [4.69, 9.17) is 0 Å². The fourth-order valence-corrected chi connectivity index (χ4v) is 4.96. The van der Waals surface area contributed by atoms with Gasteiger partial charge in [-0.05, 0) is 35.6 Å². The molecule has 1 aliphatic heterocycles. The first-order chi connectivity index (χ1) is 13.2. The number of carbonyl (C=O) groups excluding carboxylic acids is 2. The van der Waals surface area contributed by atoms with Crippen LogP contribution in [0.25, 0.3) is 10.2 Å². The van der Waals surface area contributed by atoms with E-state index in [1.807, 2.05) is 24.3 Å². The van der Waals surface area contributed by atoms with Crippen molar-refractivity contribution in [3.05, 3.63) is 51.2 Å². The number of aromatic nitrogens is 1. The smallest absolute Gasteiger partial charge is 0.315 e. The Hall–Kier alpha value is -2.45. The zero-order valence-corrected chi connectivity index (χ0v) is 16.4. The number of benzene rings is 1. The first kappa shape index (κ1) is 17.9. The van der Waals surface area contributed by atoms with Crippen LogP contribution in [-0.4, -0.2) is 41.5 Å². The Morgan fingerprint density at radius 1 is 1.19 bits per heavy atom. The summed E-state index contributed by atoms with van der Waals surface area (Å²) in [5.41, 5.74) is 2.21. The number of nitrogens with one attached hydrogen (secondary N) is 2. The minimum absolute atomic E-state index is 0.0203. The lowest BCUT2D eigenvalue weighted by Crippen LogP contribution is -2.45. The van der Waals surface area contributed by atoms with Crippen molar-refractivity contribution in [2.24, 2.45) is 0 Å². The molecule has 0 saturated heterocycles. The summed E-state index contributed by atoms with van der Waals surface area (Å²) in [5.74, 6) is -0.0480. The number of hydrogen-bond donors (Lipinski definition) is 2. The van der Waals surface area contributed by atoms with E-state index in [0.29, 0.717) is 26.1 Å². The average molecular weight is 401 g/mol. The minimum atomic E-state index is -0.322. The Morgan fingerprint density at radius 2 is 2.07 bits per heavy atom. The van der Waals surface area contributed by atoms with Crippen LogP contribution in [0.15, 0.2) is 35.7 Å². The Labute approximate surface area is 165 Å². The predicted molar refractivity (Wildman–Crippen MR) is 108 cm³/mol. The van der Waals surface area contributed by atoms with Crippen LogP contribution in [0.4, 0.5) is 4.79 Å². The van der Waals surface area contributed by atoms with Crippen molar-refractivity contribution in [1.29, 1.82) is 0 Å². The molecule has 0 fully saturated rings. The van der Waals surface area contributed by atoms with Crippen molar-refractivity contribution in [1.82, 2.24) is 20.5 Å². The van der Waals surface area contributed by atoms with Gasteiger partial charge in [0.05, 0.1) is 21.8 Å². The number of fused-ring (bicyclic) bond motifs is 2. The number of para-hydroxylation sites is 1. The molecule has 8 heteroatoms. The van der Waals surface area contributed by atoms with Gasteiger partial charge >= 0.3 is 6.03 Å². The largest absolute Gasteiger partial charge is 0.338 e. The third kappa shape index (κ3) is 4.28. The number of thiazole rings is 1. The number of carbonyl (C=O) groups is 2. The Kier molecular flexibility index (Phi) is 5.35. The van der Waals surface area contributed by atoms with Crippen molar-refractivity contribution in [3.8, 4) is 0 Å². The second kappa shape index (κ2) is 8.06. The number of nitrogens with zero attached hydrogens (tertiary/aromatic N) is 2. The molecule has 27 heavy (non-hydrogen) atoms. The fourth-order valence-electron chi connectivity index (χ4n) is 3.10. The van der Waals surface area contributed by atoms with Gasteiger partial charge in [-0.25, -0.2) is 9.78 Å². The molecular weight excluding hydrogens is 380 g/mol. The zero-order valence-electron chi connectivity index (χ0n) is 14.7. The standard InChI is InChI=1S/C19H20N4O2S2/c24-18(23-9-6-15-13(12-23)7-10-26-15)11-21-19(25)20-8-5-17-22-14-3-1-2-4-16(14)27-17/h1-4,7,10H,5-6,8-9,11-12H2,(H2,20,21,25). The maximum absolute atomic E-state index is 12.3. The number of rotatable bonds is 5. The molecule has 2 N–H and O–H groups in total. The molecular formula is C19H20N4O2S2. The van der Waals surface area contributed by atoms with E-state index in [-0.39, 0.29) is 18.5 Å². The maximum atomic E-state index is 12.3. The molecule has 0 saturated carbocycles. The van der Waals surface area contributed by atoms with Crippen molar-refractivity contribution in [2.75, 3.05) is 19.6 Å². The van der Waals surface area contributed by atoms with Crippen molar-refractivity contribution >= 4 is 44.8 Å². The van der Waals surface area contributed by atoms with Crippen molar-refractivity contribution in [2.45, 2.75) is 19.4 Å². The fraction of sp³-hybridized carbons (Fsp3) is 0.316. The van der Waals surface area contributed by atoms with E-state index in [9.17, 15) is 9.59 Å². The van der Waals surface area contributed by atoms with Crippen molar-refractivity contribution < 1.29 is 9.59 Å². The molecule has 2 aromatic heterocycles. The molecule has 3 amide bonds. The number of urea groups is 1. The first-order valence-corrected chi connectivity index (χ1v) is 10.6. The quantitative estimate of drug-likeness (QED) is 0.692. The molecule has 1 aliphatic rings. The highest BCUT2D eigenvalue weighted by molar-refractivity contribution is 7.18. The van der Waals surface area contributed by atoms with Gasteiger partial charge in [-0.2, -0.15) is 0 Å². The van der Waals surface area contributed by atoms with E-state index in [1.165, 1.54) is 10.4 Å². The van der Waals surface area contributed by atoms with Crippen LogP contribution in [-0.2, 0) is 24.2 Å². The summed E-state index contributed by atoms with van der Waals surface area (Å²) in [4.78, 5) is 32.0. The van der Waals surface area contributed by atoms with E-state index in [0.717, 1.165) is 21.6 Å². The summed E-state index contributed by atoms with van der Waals surface area (Å²) in [5, 5.41) is 8.51. The topological polar surface area (TPSA) is 74.3 Å². The summed E-state index contributed by atoms with van der Waals surface area (Å²) in [7, 11) is 0. The van der Waals surface area contributed by atoms with E-state index >= 15 is 0 Å². The highest BCUT2D eigenvalue weighted by atomic mass is 32.1. The van der Waals surface area contributed by atoms with E-state index < -0.39 is 0 Å². The van der Waals surface area contributed by atoms with Gasteiger partial charge < -0.3 is 15.5 Å². The molecule has 3 aromatic rings. The number of hydrogen-bond acceptors (Lipinski definition) is 5. The summed E-state index contributed by atoms with van der Waals surface area (Å²) < 4.78 is 1.15. The van der Waals surface area contributed by atoms with Gasteiger partial charge in [0.2, 0.25) is 5.91 Å². The Balaban J connectivity index is 1.19. The SMILES string of the molecule is O=C(NCCc1nc2ccccc2s1)NCC(=O)N1CCc2sccc2C1. The van der Waals surface area contributed by atoms with Gasteiger partial charge in [0.25, 0.3) is 0 Å². The molecule has 0 unspecified atom stereocenters. The molecule has 140 valence electrons. The number of thiophene rings is 1. The maximum Gasteiger partial charge on any atom is 0.315 e. The lowest BCUT2D eigenvalue weighted by atomic mass is 10.1. The molecule has 0 bridgehead atoms. The van der Waals surface area contributed by atoms with Gasteiger partial charge in [-0.15, -0.1) is 22.7 Å². The molecule has 6 nitrogen and oxygen atoms in total. The molecule has 3 heterocycles. The summed E-state index contributed by atoms with van der Waals surface area (Å²) >= 11 is 3.38. The average Bonchev–Trinajstić information content (AvgIpc) is 3.31. The zero-order chi connectivity index (χ0) is 18.6. The Bertz CT molecular complexity index is 932. The molecule has 0 radical (unpaired) electrons. The molecule has 4 rings (SSSR count). The van der Waals surface area contributed by atoms with Gasteiger partial charge in [-0.1, -0.05) is 12.1 Å². The lowest BCUT2D eigenvalue weighted by Gasteiger charge is -2.27. The highest BCUT2D eigenvalue weighted by Gasteiger charge is 2.21. The van der Waals surface area contributed by atoms with Crippen LogP contribution in [0, 0.1) is 0 Å². The van der Waals surface area contributed by atoms with Crippen LogP contribution in [0.1, 0.15) is 15.4 Å². The molecule has 0 atom stereocenters. The predicted octanol–water partition coefficient (Wildman–Crippen LogP) is 2.78. The highest BCUT2D eigenvalue weighted by Crippen LogP contribution is 2.24. The second-order valence-electron chi connectivity index (χ2n) is 6.37. The van der Waals surface area contributed by atoms with Crippen LogP contribution in [0.5, 0.6) is 0 Å². The minimum Gasteiger partial charge on any atom is -0.338 e. The van der Waals surface area contributed by atoms with E-state index in [2.05, 4.69) is 27.1 Å². The lowest BCUT2D eigenvalue weighted by molar-refractivity contribution is -0.130. The number of amides is 3. The van der Waals surface area contributed by atoms with Gasteiger partial charge in [0.15, 0.2) is 0 Å². The molecule has 1 aromatic carbocycles. The van der Waals surface area contributed by atoms with Crippen LogP contribution < -0.4 is 10.6 Å². The summed E-state index contributed by atoms with van der Waals surface area (Å²) in [6.07, 6.45) is 1.57. The van der Waals surface area contributed by atoms with Gasteiger partial charge in [0.1, 0.15) is 0 Å². The normalized spacial score (nSPS) is 13.4. The Morgan fingerprint density at radius 3 is 2.96 bits per heavy atom. The monoisotopic (exact) mass is 400 g/mol. The van der Waals surface area contributed by atoms with Crippen LogP contribution >= 0.6 is 22.7 Å². The molecule has 0 aliphatic carbocycles. The third-order valence-electron chi connectivity index (χ3n) is 4.52. The first-order valence-electron chi connectivity index (χ1n) is 8.88. The van der Waals surface area contributed by atoms with Crippen LogP contribution in [0.3, 0.4) is 0 Å². The van der Waals surface area contributed by atoms with Gasteiger partial charge in [0, 0.05) is 30.9 Å². The summed E-state index contributed by atoms with van der Waals surface area (Å²) in [6.45, 7) is 1.86. The summed E-state index contributed by atoms with van der Waals surface area (Å²) in [6, 6.07) is 9.74. The third-order valence-corrected chi connectivity index (χ3v) is 6.64. The van der Waals surface area contributed by atoms with Crippen LogP contribution in [0.2, 0.25) is 0 Å². The van der Waals surface area contributed by atoms with Crippen molar-refractivity contribution in [3.63, 3.8) is 0 Å². The molecule has 0 spiro atoms. The van der Waals surface area contributed by atoms with Gasteiger partial charge in [-0.3, -0.25) is 4.79 Å². The van der Waals surface area contributed by atoms with E-state index in [1.54, 1.807) is 27.6 Å². The second-order valence-corrected chi connectivity index (χ2v) is 8.48.